The maximum atomic E-state index is 12.2. The molecule has 1 amide bonds. The van der Waals surface area contributed by atoms with E-state index in [1.807, 2.05) is 0 Å². The molecule has 202 valence electrons. The first-order valence-electron chi connectivity index (χ1n) is 10.2. The minimum absolute atomic E-state index is 0.00903. The molecule has 1 saturated carbocycles. The summed E-state index contributed by atoms with van der Waals surface area (Å²) in [6, 6.07) is -3.05. The van der Waals surface area contributed by atoms with Crippen molar-refractivity contribution < 1.29 is 62.4 Å². The van der Waals surface area contributed by atoms with Crippen LogP contribution < -0.4 is 22.5 Å². The largest absolute Gasteiger partial charge is 0.394 e. The van der Waals surface area contributed by atoms with Gasteiger partial charge in [0.15, 0.2) is 6.29 Å². The van der Waals surface area contributed by atoms with Crippen molar-refractivity contribution in [1.82, 2.24) is 5.32 Å². The minimum Gasteiger partial charge on any atom is -0.394 e. The van der Waals surface area contributed by atoms with E-state index in [1.54, 1.807) is 0 Å². The zero-order valence-electron chi connectivity index (χ0n) is 17.9. The second kappa shape index (κ2) is 13.3. The number of hydrogen-bond donors (Lipinski definition) is 12. The van der Waals surface area contributed by atoms with Gasteiger partial charge in [-0.15, -0.1) is 0 Å². The molecule has 34 heavy (non-hydrogen) atoms. The summed E-state index contributed by atoms with van der Waals surface area (Å²) >= 11 is 0. The Hall–Kier alpha value is -1.10. The molecule has 0 aromatic rings. The molecule has 0 aromatic carbocycles. The number of amides is 1. The fraction of sp³-hybridized carbons (Fsp3) is 0.938. The van der Waals surface area contributed by atoms with Crippen LogP contribution in [0.1, 0.15) is 12.8 Å². The van der Waals surface area contributed by atoms with Gasteiger partial charge in [-0.25, -0.2) is 0 Å². The van der Waals surface area contributed by atoms with Crippen LogP contribution in [0.4, 0.5) is 0 Å². The summed E-state index contributed by atoms with van der Waals surface area (Å²) in [4.78, 5) is 12.2. The molecule has 18 heteroatoms. The summed E-state index contributed by atoms with van der Waals surface area (Å²) in [5.41, 5.74) is 16.9. The van der Waals surface area contributed by atoms with E-state index >= 15 is 0 Å². The summed E-state index contributed by atoms with van der Waals surface area (Å²) in [5, 5.41) is 62.3. The van der Waals surface area contributed by atoms with E-state index in [0.29, 0.717) is 0 Å². The van der Waals surface area contributed by atoms with Crippen LogP contribution in [0, 0.1) is 0 Å². The molecule has 1 saturated heterocycles. The Balaban J connectivity index is 0.00000104. The first kappa shape index (κ1) is 30.9. The Morgan fingerprint density at radius 2 is 1.65 bits per heavy atom. The maximum Gasteiger partial charge on any atom is 0.394 e. The molecule has 2 fully saturated rings. The third-order valence-corrected chi connectivity index (χ3v) is 5.35. The Morgan fingerprint density at radius 1 is 1.09 bits per heavy atom. The van der Waals surface area contributed by atoms with Crippen LogP contribution in [-0.4, -0.2) is 134 Å². The molecule has 0 spiro atoms. The van der Waals surface area contributed by atoms with Gasteiger partial charge in [0.25, 0.3) is 0 Å². The molecular formula is C16H34N4O13S. The number of aliphatic hydroxyl groups excluding tert-OH is 6. The molecule has 17 nitrogen and oxygen atoms in total. The Bertz CT molecular complexity index is 736. The van der Waals surface area contributed by atoms with Gasteiger partial charge in [0.2, 0.25) is 5.91 Å². The van der Waals surface area contributed by atoms with E-state index in [0.717, 1.165) is 0 Å². The quantitative estimate of drug-likeness (QED) is 0.138. The fourth-order valence-corrected chi connectivity index (χ4v) is 3.52. The lowest BCUT2D eigenvalue weighted by molar-refractivity contribution is -0.305. The third-order valence-electron chi connectivity index (χ3n) is 5.35. The predicted molar refractivity (Wildman–Crippen MR) is 111 cm³/mol. The highest BCUT2D eigenvalue weighted by atomic mass is 32.3. The van der Waals surface area contributed by atoms with E-state index in [9.17, 15) is 35.4 Å². The number of ether oxygens (including phenoxy) is 2. The van der Waals surface area contributed by atoms with Gasteiger partial charge >= 0.3 is 10.4 Å². The van der Waals surface area contributed by atoms with Crippen molar-refractivity contribution in [3.8, 4) is 0 Å². The van der Waals surface area contributed by atoms with Crippen LogP contribution >= 0.6 is 0 Å². The predicted octanol–water partition coefficient (Wildman–Crippen LogP) is -6.87. The molecule has 2 aliphatic rings. The van der Waals surface area contributed by atoms with Crippen LogP contribution in [-0.2, 0) is 24.7 Å². The molecule has 15 N–H and O–H groups in total. The highest BCUT2D eigenvalue weighted by molar-refractivity contribution is 7.79. The first-order chi connectivity index (χ1) is 15.6. The monoisotopic (exact) mass is 522 g/mol. The lowest BCUT2D eigenvalue weighted by atomic mass is 9.84. The van der Waals surface area contributed by atoms with Gasteiger partial charge in [-0.2, -0.15) is 8.42 Å². The number of rotatable bonds is 7. The van der Waals surface area contributed by atoms with Crippen LogP contribution in [0.3, 0.4) is 0 Å². The molecule has 0 aromatic heterocycles. The lowest BCUT2D eigenvalue weighted by Gasteiger charge is -2.46. The van der Waals surface area contributed by atoms with E-state index in [2.05, 4.69) is 5.32 Å². The van der Waals surface area contributed by atoms with Gasteiger partial charge < -0.3 is 62.6 Å². The number of carbonyl (C=O) groups is 1. The second-order valence-corrected chi connectivity index (χ2v) is 8.82. The average molecular weight is 523 g/mol. The molecule has 1 heterocycles. The van der Waals surface area contributed by atoms with E-state index in [1.165, 1.54) is 0 Å². The van der Waals surface area contributed by atoms with Crippen molar-refractivity contribution in [2.24, 2.45) is 17.2 Å². The maximum absolute atomic E-state index is 12.2. The Kier molecular flexibility index (Phi) is 12.1. The molecule has 2 rings (SSSR count). The summed E-state index contributed by atoms with van der Waals surface area (Å²) < 4.78 is 42.5. The van der Waals surface area contributed by atoms with Gasteiger partial charge in [-0.3, -0.25) is 13.9 Å². The SMILES string of the molecule is NCC[C@H](O)C(=O)N[C@@H]1C[C@H](N)[C@@H](O)[C@H](O)[C@H]1O[C@H]1O[C@H](CO)[C@@H](O)[C@H](N)[C@H]1O.O=S(=O)(O)O. The number of aliphatic hydroxyl groups is 6. The van der Waals surface area contributed by atoms with Crippen molar-refractivity contribution >= 4 is 16.3 Å². The van der Waals surface area contributed by atoms with Gasteiger partial charge in [-0.1, -0.05) is 0 Å². The van der Waals surface area contributed by atoms with E-state index in [4.69, 9.17) is 44.2 Å². The van der Waals surface area contributed by atoms with Crippen LogP contribution in [0.5, 0.6) is 0 Å². The average Bonchev–Trinajstić information content (AvgIpc) is 2.73. The van der Waals surface area contributed by atoms with Gasteiger partial charge in [0.1, 0.15) is 36.6 Å². The second-order valence-electron chi connectivity index (χ2n) is 7.92. The normalized spacial score (nSPS) is 39.5. The third kappa shape index (κ3) is 8.84. The molecule has 0 unspecified atom stereocenters. The van der Waals surface area contributed by atoms with Crippen LogP contribution in [0.2, 0.25) is 0 Å². The van der Waals surface area contributed by atoms with Crippen molar-refractivity contribution in [3.05, 3.63) is 0 Å². The lowest BCUT2D eigenvalue weighted by Crippen LogP contribution is -2.68. The van der Waals surface area contributed by atoms with Crippen LogP contribution in [0.25, 0.3) is 0 Å². The smallest absolute Gasteiger partial charge is 0.394 e. The first-order valence-corrected chi connectivity index (χ1v) is 11.6. The van der Waals surface area contributed by atoms with Crippen LogP contribution in [0.15, 0.2) is 0 Å². The van der Waals surface area contributed by atoms with Gasteiger partial charge in [-0.05, 0) is 19.4 Å². The topological polar surface area (TPSA) is 322 Å². The number of carbonyl (C=O) groups excluding carboxylic acids is 1. The minimum atomic E-state index is -4.67. The van der Waals surface area contributed by atoms with E-state index in [-0.39, 0.29) is 19.4 Å². The zero-order chi connectivity index (χ0) is 26.4. The number of hydrogen-bond acceptors (Lipinski definition) is 14. The molecule has 0 radical (unpaired) electrons. The van der Waals surface area contributed by atoms with Gasteiger partial charge in [0, 0.05) is 6.04 Å². The summed E-state index contributed by atoms with van der Waals surface area (Å²) in [7, 11) is -4.67. The fourth-order valence-electron chi connectivity index (χ4n) is 3.52. The summed E-state index contributed by atoms with van der Waals surface area (Å²) in [5.74, 6) is -0.768. The molecule has 11 atom stereocenters. The molecule has 0 bridgehead atoms. The number of nitrogens with one attached hydrogen (secondary N) is 1. The molecule has 1 aliphatic carbocycles. The van der Waals surface area contributed by atoms with E-state index < -0.39 is 90.1 Å². The zero-order valence-corrected chi connectivity index (χ0v) is 18.8. The number of nitrogens with two attached hydrogens (primary N) is 3. The Morgan fingerprint density at radius 3 is 2.15 bits per heavy atom. The molecular weight excluding hydrogens is 488 g/mol. The summed E-state index contributed by atoms with van der Waals surface area (Å²) in [6.45, 7) is -0.529. The highest BCUT2D eigenvalue weighted by Gasteiger charge is 2.49. The summed E-state index contributed by atoms with van der Waals surface area (Å²) in [6.07, 6.45) is -11.1. The van der Waals surface area contributed by atoms with Crippen molar-refractivity contribution in [2.75, 3.05) is 13.2 Å². The standard InChI is InChI=1S/C16H32N4O9.H2O4S/c17-2-1-7(22)15(27)20-6-3-5(18)10(23)13(26)14(6)29-16-12(25)9(19)11(24)8(4-21)28-16;1-5(2,3)4/h5-14,16,21-26H,1-4,17-19H2,(H,20,27);(H2,1,2,3,4)/t5-,6+,7-,8+,9-,10+,11+,12+,13-,14-,16+;/m0./s1. The molecule has 1 aliphatic heterocycles. The van der Waals surface area contributed by atoms with Crippen molar-refractivity contribution in [3.63, 3.8) is 0 Å². The van der Waals surface area contributed by atoms with Crippen molar-refractivity contribution in [2.45, 2.75) is 80.0 Å². The highest BCUT2D eigenvalue weighted by Crippen LogP contribution is 2.28. The van der Waals surface area contributed by atoms with Crippen molar-refractivity contribution in [1.29, 1.82) is 0 Å². The Labute approximate surface area is 195 Å². The van der Waals surface area contributed by atoms with Gasteiger partial charge in [0.05, 0.1) is 24.8 Å².